The molecular formula is C20H28N2O4. The third kappa shape index (κ3) is 4.48. The van der Waals surface area contributed by atoms with Gasteiger partial charge in [-0.3, -0.25) is 9.59 Å². The third-order valence-electron chi connectivity index (χ3n) is 5.15. The Morgan fingerprint density at radius 1 is 1.15 bits per heavy atom. The van der Waals surface area contributed by atoms with E-state index in [1.165, 1.54) is 0 Å². The van der Waals surface area contributed by atoms with E-state index in [2.05, 4.69) is 31.4 Å². The van der Waals surface area contributed by atoms with Gasteiger partial charge in [0.25, 0.3) is 0 Å². The number of carbonyl (C=O) groups is 2. The molecule has 0 bridgehead atoms. The van der Waals surface area contributed by atoms with Crippen LogP contribution in [-0.2, 0) is 15.0 Å². The van der Waals surface area contributed by atoms with Gasteiger partial charge in [-0.05, 0) is 30.0 Å². The minimum atomic E-state index is -0.238. The lowest BCUT2D eigenvalue weighted by Gasteiger charge is -2.28. The van der Waals surface area contributed by atoms with Gasteiger partial charge in [-0.25, -0.2) is 0 Å². The molecule has 2 unspecified atom stereocenters. The van der Waals surface area contributed by atoms with E-state index in [4.69, 9.17) is 9.47 Å². The number of ether oxygens (including phenoxy) is 2. The van der Waals surface area contributed by atoms with Gasteiger partial charge in [0.15, 0.2) is 11.5 Å². The molecule has 26 heavy (non-hydrogen) atoms. The smallest absolute Gasteiger partial charge is 0.223 e. The maximum absolute atomic E-state index is 12.1. The Balaban J connectivity index is 1.45. The van der Waals surface area contributed by atoms with Crippen LogP contribution in [0.25, 0.3) is 0 Å². The molecular weight excluding hydrogens is 332 g/mol. The van der Waals surface area contributed by atoms with Crippen molar-refractivity contribution in [3.63, 3.8) is 0 Å². The first-order valence-corrected chi connectivity index (χ1v) is 9.31. The van der Waals surface area contributed by atoms with Gasteiger partial charge in [0.05, 0.1) is 0 Å². The number of nitrogens with one attached hydrogen (secondary N) is 2. The van der Waals surface area contributed by atoms with Crippen molar-refractivity contribution in [3.8, 4) is 11.5 Å². The zero-order valence-corrected chi connectivity index (χ0v) is 15.8. The van der Waals surface area contributed by atoms with Crippen LogP contribution in [-0.4, -0.2) is 38.1 Å². The van der Waals surface area contributed by atoms with Crippen molar-refractivity contribution >= 4 is 11.8 Å². The summed E-state index contributed by atoms with van der Waals surface area (Å²) in [5.74, 6) is 2.16. The van der Waals surface area contributed by atoms with Crippen molar-refractivity contribution in [1.82, 2.24) is 10.6 Å². The number of hydrogen-bond donors (Lipinski definition) is 2. The van der Waals surface area contributed by atoms with E-state index in [0.717, 1.165) is 23.5 Å². The Morgan fingerprint density at radius 3 is 2.54 bits per heavy atom. The zero-order chi connectivity index (χ0) is 18.7. The molecule has 3 rings (SSSR count). The summed E-state index contributed by atoms with van der Waals surface area (Å²) in [6.45, 7) is 8.25. The first kappa shape index (κ1) is 18.5. The summed E-state index contributed by atoms with van der Waals surface area (Å²) >= 11 is 0. The van der Waals surface area contributed by atoms with E-state index in [-0.39, 0.29) is 23.1 Å². The monoisotopic (exact) mass is 360 g/mol. The Labute approximate surface area is 154 Å². The molecule has 1 fully saturated rings. The first-order chi connectivity index (χ1) is 12.4. The normalized spacial score (nSPS) is 21.0. The fourth-order valence-electron chi connectivity index (χ4n) is 3.09. The van der Waals surface area contributed by atoms with Crippen molar-refractivity contribution in [1.29, 1.82) is 0 Å². The van der Waals surface area contributed by atoms with Gasteiger partial charge in [0, 0.05) is 30.8 Å². The molecule has 0 spiro atoms. The van der Waals surface area contributed by atoms with Crippen molar-refractivity contribution in [2.45, 2.75) is 39.0 Å². The summed E-state index contributed by atoms with van der Waals surface area (Å²) in [7, 11) is 0. The van der Waals surface area contributed by atoms with E-state index >= 15 is 0 Å². The summed E-state index contributed by atoms with van der Waals surface area (Å²) < 4.78 is 11.2. The van der Waals surface area contributed by atoms with E-state index in [9.17, 15) is 9.59 Å². The zero-order valence-electron chi connectivity index (χ0n) is 15.8. The minimum absolute atomic E-state index is 0.0558. The highest BCUT2D eigenvalue weighted by atomic mass is 16.6. The molecule has 2 aliphatic rings. The highest BCUT2D eigenvalue weighted by molar-refractivity contribution is 5.82. The number of fused-ring (bicyclic) bond motifs is 1. The summed E-state index contributed by atoms with van der Waals surface area (Å²) in [6, 6.07) is 5.91. The maximum atomic E-state index is 12.1. The second kappa shape index (κ2) is 7.56. The minimum Gasteiger partial charge on any atom is -0.486 e. The molecule has 2 amide bonds. The predicted molar refractivity (Wildman–Crippen MR) is 98.4 cm³/mol. The van der Waals surface area contributed by atoms with E-state index in [1.54, 1.807) is 0 Å². The van der Waals surface area contributed by atoms with Crippen LogP contribution in [0, 0.1) is 11.8 Å². The van der Waals surface area contributed by atoms with Gasteiger partial charge < -0.3 is 20.1 Å². The second-order valence-corrected chi connectivity index (χ2v) is 7.88. The van der Waals surface area contributed by atoms with Crippen molar-refractivity contribution in [3.05, 3.63) is 23.8 Å². The summed E-state index contributed by atoms with van der Waals surface area (Å²) in [5, 5.41) is 5.81. The molecule has 142 valence electrons. The molecule has 6 heteroatoms. The van der Waals surface area contributed by atoms with E-state index in [0.29, 0.717) is 38.6 Å². The fraction of sp³-hybridized carbons (Fsp3) is 0.600. The van der Waals surface area contributed by atoms with Gasteiger partial charge in [-0.15, -0.1) is 0 Å². The van der Waals surface area contributed by atoms with Gasteiger partial charge in [-0.2, -0.15) is 0 Å². The quantitative estimate of drug-likeness (QED) is 0.780. The Bertz CT molecular complexity index is 686. The Kier molecular flexibility index (Phi) is 5.39. The van der Waals surface area contributed by atoms with Crippen LogP contribution in [0.3, 0.4) is 0 Å². The number of hydrogen-bond acceptors (Lipinski definition) is 4. The Morgan fingerprint density at radius 2 is 1.85 bits per heavy atom. The summed E-state index contributed by atoms with van der Waals surface area (Å²) in [6.07, 6.45) is 1.26. The molecule has 1 aromatic rings. The maximum Gasteiger partial charge on any atom is 0.223 e. The molecule has 1 aromatic carbocycles. The van der Waals surface area contributed by atoms with Gasteiger partial charge >= 0.3 is 0 Å². The summed E-state index contributed by atoms with van der Waals surface area (Å²) in [5.41, 5.74) is 0.844. The van der Waals surface area contributed by atoms with Crippen LogP contribution >= 0.6 is 0 Å². The molecule has 2 N–H and O–H groups in total. The van der Waals surface area contributed by atoms with Crippen LogP contribution in [0.1, 0.15) is 39.2 Å². The second-order valence-electron chi connectivity index (χ2n) is 7.88. The topological polar surface area (TPSA) is 76.7 Å². The van der Waals surface area contributed by atoms with Crippen LogP contribution in [0.5, 0.6) is 11.5 Å². The van der Waals surface area contributed by atoms with Crippen LogP contribution < -0.4 is 20.1 Å². The lowest BCUT2D eigenvalue weighted by atomic mass is 9.84. The molecule has 2 atom stereocenters. The van der Waals surface area contributed by atoms with Crippen molar-refractivity contribution < 1.29 is 19.1 Å². The molecule has 1 saturated carbocycles. The van der Waals surface area contributed by atoms with Gasteiger partial charge in [0.1, 0.15) is 13.2 Å². The molecule has 0 saturated heterocycles. The Hall–Kier alpha value is -2.24. The highest BCUT2D eigenvalue weighted by Gasteiger charge is 2.38. The van der Waals surface area contributed by atoms with E-state index in [1.807, 2.05) is 18.2 Å². The number of carbonyl (C=O) groups excluding carboxylic acids is 2. The molecule has 1 aliphatic carbocycles. The fourth-order valence-corrected chi connectivity index (χ4v) is 3.09. The van der Waals surface area contributed by atoms with Crippen LogP contribution in [0.15, 0.2) is 18.2 Å². The molecule has 1 aliphatic heterocycles. The van der Waals surface area contributed by atoms with E-state index < -0.39 is 0 Å². The molecule has 6 nitrogen and oxygen atoms in total. The van der Waals surface area contributed by atoms with Gasteiger partial charge in [-0.1, -0.05) is 26.8 Å². The van der Waals surface area contributed by atoms with Crippen molar-refractivity contribution in [2.75, 3.05) is 26.3 Å². The highest BCUT2D eigenvalue weighted by Crippen LogP contribution is 2.37. The lowest BCUT2D eigenvalue weighted by molar-refractivity contribution is -0.123. The average Bonchev–Trinajstić information content (AvgIpc) is 3.36. The largest absolute Gasteiger partial charge is 0.486 e. The van der Waals surface area contributed by atoms with Crippen molar-refractivity contribution in [2.24, 2.45) is 11.8 Å². The molecule has 1 heterocycles. The number of benzene rings is 1. The lowest BCUT2D eigenvalue weighted by Crippen LogP contribution is -2.38. The average molecular weight is 360 g/mol. The van der Waals surface area contributed by atoms with Gasteiger partial charge in [0.2, 0.25) is 11.8 Å². The third-order valence-corrected chi connectivity index (χ3v) is 5.15. The number of rotatable bonds is 7. The summed E-state index contributed by atoms with van der Waals surface area (Å²) in [4.78, 5) is 23.8. The van der Waals surface area contributed by atoms with Crippen LogP contribution in [0.2, 0.25) is 0 Å². The SMILES string of the molecule is CC1CC1C(=O)NCCC(=O)NCC(C)(C)c1ccc2c(c1)OCCO2. The van der Waals surface area contributed by atoms with Crippen LogP contribution in [0.4, 0.5) is 0 Å². The molecule has 0 radical (unpaired) electrons. The molecule has 0 aromatic heterocycles. The predicted octanol–water partition coefficient (Wildman–Crippen LogP) is 2.01. The first-order valence-electron chi connectivity index (χ1n) is 9.31. The number of amides is 2. The standard InChI is InChI=1S/C20H28N2O4/c1-13-10-15(13)19(24)21-7-6-18(23)22-12-20(2,3)14-4-5-16-17(11-14)26-9-8-25-16/h4-5,11,13,15H,6-10,12H2,1-3H3,(H,21,24)(H,22,23).